The molecular formula is C27H41ClN4O2. The fraction of sp³-hybridized carbons (Fsp3) is 0.556. The number of nitrogens with one attached hydrogen (secondary N) is 1. The first-order valence-electron chi connectivity index (χ1n) is 12.1. The van der Waals surface area contributed by atoms with Gasteiger partial charge in [-0.25, -0.2) is 4.79 Å². The Kier molecular flexibility index (Phi) is 10.0. The highest BCUT2D eigenvalue weighted by atomic mass is 35.5. The van der Waals surface area contributed by atoms with E-state index in [1.165, 1.54) is 0 Å². The summed E-state index contributed by atoms with van der Waals surface area (Å²) in [6.45, 7) is 15.8. The quantitative estimate of drug-likeness (QED) is 0.460. The molecule has 1 aromatic heterocycles. The van der Waals surface area contributed by atoms with Gasteiger partial charge in [-0.1, -0.05) is 50.6 Å². The second-order valence-corrected chi connectivity index (χ2v) is 10.9. The van der Waals surface area contributed by atoms with Crippen LogP contribution in [0.5, 0.6) is 0 Å². The van der Waals surface area contributed by atoms with Gasteiger partial charge in [-0.05, 0) is 63.8 Å². The van der Waals surface area contributed by atoms with E-state index in [9.17, 15) is 9.59 Å². The van der Waals surface area contributed by atoms with E-state index >= 15 is 0 Å². The first-order valence-corrected chi connectivity index (χ1v) is 12.5. The highest BCUT2D eigenvalue weighted by Crippen LogP contribution is 2.19. The van der Waals surface area contributed by atoms with Crippen molar-refractivity contribution in [1.29, 1.82) is 0 Å². The zero-order valence-corrected chi connectivity index (χ0v) is 22.5. The lowest BCUT2D eigenvalue weighted by atomic mass is 10.1. The van der Waals surface area contributed by atoms with Crippen LogP contribution in [0, 0.1) is 5.92 Å². The summed E-state index contributed by atoms with van der Waals surface area (Å²) in [5.74, 6) is 0.250. The van der Waals surface area contributed by atoms with Crippen LogP contribution in [0.1, 0.15) is 66.1 Å². The number of aromatic nitrogens is 1. The molecule has 1 N–H and O–H groups in total. The van der Waals surface area contributed by atoms with Gasteiger partial charge in [0.05, 0.1) is 6.54 Å². The smallest absolute Gasteiger partial charge is 0.318 e. The van der Waals surface area contributed by atoms with Crippen LogP contribution in [0.15, 0.2) is 42.6 Å². The number of benzene rings is 1. The lowest BCUT2D eigenvalue weighted by molar-refractivity contribution is -0.133. The summed E-state index contributed by atoms with van der Waals surface area (Å²) in [4.78, 5) is 30.0. The third-order valence-corrected chi connectivity index (χ3v) is 6.05. The molecule has 0 radical (unpaired) electrons. The second-order valence-electron chi connectivity index (χ2n) is 10.5. The van der Waals surface area contributed by atoms with Gasteiger partial charge in [0.1, 0.15) is 6.54 Å². The molecule has 1 heterocycles. The van der Waals surface area contributed by atoms with Crippen molar-refractivity contribution in [3.63, 3.8) is 0 Å². The Balaban J connectivity index is 2.22. The van der Waals surface area contributed by atoms with E-state index in [1.807, 2.05) is 82.1 Å². The lowest BCUT2D eigenvalue weighted by Crippen LogP contribution is -2.54. The van der Waals surface area contributed by atoms with Gasteiger partial charge in [-0.3, -0.25) is 4.79 Å². The molecule has 188 valence electrons. The van der Waals surface area contributed by atoms with Crippen molar-refractivity contribution in [2.75, 3.05) is 13.1 Å². The Morgan fingerprint density at radius 1 is 1.09 bits per heavy atom. The molecule has 0 aliphatic rings. The minimum Gasteiger partial charge on any atom is -0.345 e. The molecule has 0 fully saturated rings. The molecule has 0 bridgehead atoms. The van der Waals surface area contributed by atoms with Crippen molar-refractivity contribution in [2.24, 2.45) is 5.92 Å². The van der Waals surface area contributed by atoms with E-state index in [2.05, 4.69) is 23.7 Å². The van der Waals surface area contributed by atoms with Crippen LogP contribution >= 0.6 is 11.6 Å². The monoisotopic (exact) mass is 488 g/mol. The fourth-order valence-electron chi connectivity index (χ4n) is 3.73. The largest absolute Gasteiger partial charge is 0.345 e. The van der Waals surface area contributed by atoms with Gasteiger partial charge in [0.25, 0.3) is 0 Å². The predicted octanol–water partition coefficient (Wildman–Crippen LogP) is 5.78. The third-order valence-electron chi connectivity index (χ3n) is 5.68. The Bertz CT molecular complexity index is 948. The summed E-state index contributed by atoms with van der Waals surface area (Å²) in [5.41, 5.74) is 1.69. The molecular weight excluding hydrogens is 448 g/mol. The van der Waals surface area contributed by atoms with E-state index in [0.717, 1.165) is 22.7 Å². The van der Waals surface area contributed by atoms with Crippen LogP contribution in [0.25, 0.3) is 0 Å². The van der Waals surface area contributed by atoms with Crippen molar-refractivity contribution in [2.45, 2.75) is 79.6 Å². The van der Waals surface area contributed by atoms with E-state index < -0.39 is 0 Å². The molecule has 2 rings (SSSR count). The molecule has 0 aliphatic carbocycles. The molecule has 0 saturated carbocycles. The zero-order chi connectivity index (χ0) is 25.5. The number of hydrogen-bond donors (Lipinski definition) is 1. The third kappa shape index (κ3) is 8.39. The normalized spacial score (nSPS) is 12.5. The summed E-state index contributed by atoms with van der Waals surface area (Å²) < 4.78 is 2.13. The highest BCUT2D eigenvalue weighted by Gasteiger charge is 2.27. The van der Waals surface area contributed by atoms with E-state index in [4.69, 9.17) is 11.6 Å². The highest BCUT2D eigenvalue weighted by molar-refractivity contribution is 6.31. The predicted molar refractivity (Wildman–Crippen MR) is 140 cm³/mol. The molecule has 0 aliphatic heterocycles. The topological polar surface area (TPSA) is 57.6 Å². The average Bonchev–Trinajstić information content (AvgIpc) is 3.17. The van der Waals surface area contributed by atoms with Crippen LogP contribution in [-0.4, -0.2) is 51.0 Å². The molecule has 1 unspecified atom stereocenters. The second kappa shape index (κ2) is 12.3. The molecule has 2 aromatic rings. The molecule has 0 spiro atoms. The number of halogens is 1. The maximum Gasteiger partial charge on any atom is 0.318 e. The number of hydrogen-bond acceptors (Lipinski definition) is 2. The van der Waals surface area contributed by atoms with Crippen molar-refractivity contribution in [3.05, 3.63) is 58.9 Å². The van der Waals surface area contributed by atoms with Crippen molar-refractivity contribution >= 4 is 23.5 Å². The van der Waals surface area contributed by atoms with Gasteiger partial charge in [0.15, 0.2) is 0 Å². The van der Waals surface area contributed by atoms with Gasteiger partial charge >= 0.3 is 6.03 Å². The number of carbonyl (C=O) groups is 2. The molecule has 7 heteroatoms. The number of carbonyl (C=O) groups excluding carboxylic acids is 2. The summed E-state index contributed by atoms with van der Waals surface area (Å²) >= 11 is 6.37. The minimum absolute atomic E-state index is 0.0451. The summed E-state index contributed by atoms with van der Waals surface area (Å²) in [7, 11) is 0. The Morgan fingerprint density at radius 3 is 2.35 bits per heavy atom. The standard InChI is InChI=1S/C27H41ClN4O2/c1-8-21(4)32(26(34)29-27(5,6)7)19-25(33)31(16-20(2)3)18-23-13-11-15-30(23)17-22-12-9-10-14-24(22)28/h9-15,20-21H,8,16-19H2,1-7H3,(H,29,34). The van der Waals surface area contributed by atoms with Gasteiger partial charge in [0, 0.05) is 41.6 Å². The molecule has 34 heavy (non-hydrogen) atoms. The Hall–Kier alpha value is -2.47. The molecule has 6 nitrogen and oxygen atoms in total. The minimum atomic E-state index is -0.372. The zero-order valence-electron chi connectivity index (χ0n) is 21.8. The summed E-state index contributed by atoms with van der Waals surface area (Å²) in [5, 5.41) is 3.73. The average molecular weight is 489 g/mol. The van der Waals surface area contributed by atoms with Crippen molar-refractivity contribution < 1.29 is 9.59 Å². The molecule has 0 saturated heterocycles. The molecule has 3 amide bonds. The van der Waals surface area contributed by atoms with Crippen LogP contribution < -0.4 is 5.32 Å². The van der Waals surface area contributed by atoms with Crippen LogP contribution in [0.4, 0.5) is 4.79 Å². The van der Waals surface area contributed by atoms with Crippen LogP contribution in [0.3, 0.4) is 0 Å². The first kappa shape index (κ1) is 27.8. The fourth-order valence-corrected chi connectivity index (χ4v) is 3.93. The Labute approximate surface area is 210 Å². The number of urea groups is 1. The summed E-state index contributed by atoms with van der Waals surface area (Å²) in [6.07, 6.45) is 2.79. The van der Waals surface area contributed by atoms with Gasteiger partial charge in [0.2, 0.25) is 5.91 Å². The van der Waals surface area contributed by atoms with Gasteiger partial charge in [-0.15, -0.1) is 0 Å². The number of rotatable bonds is 10. The Morgan fingerprint density at radius 2 is 1.76 bits per heavy atom. The van der Waals surface area contributed by atoms with Gasteiger partial charge < -0.3 is 19.7 Å². The number of nitrogens with zero attached hydrogens (tertiary/aromatic N) is 3. The summed E-state index contributed by atoms with van der Waals surface area (Å²) in [6, 6.07) is 11.6. The maximum absolute atomic E-state index is 13.5. The first-order chi connectivity index (χ1) is 15.9. The van der Waals surface area contributed by atoms with Crippen LogP contribution in [-0.2, 0) is 17.9 Å². The van der Waals surface area contributed by atoms with Crippen molar-refractivity contribution in [1.82, 2.24) is 19.7 Å². The SMILES string of the molecule is CCC(C)N(CC(=O)N(Cc1cccn1Cc1ccccc1Cl)CC(C)C)C(=O)NC(C)(C)C. The van der Waals surface area contributed by atoms with E-state index in [-0.39, 0.29) is 30.1 Å². The number of amides is 3. The maximum atomic E-state index is 13.5. The van der Waals surface area contributed by atoms with E-state index in [0.29, 0.717) is 25.6 Å². The van der Waals surface area contributed by atoms with E-state index in [1.54, 1.807) is 4.90 Å². The van der Waals surface area contributed by atoms with Gasteiger partial charge in [-0.2, -0.15) is 0 Å². The lowest BCUT2D eigenvalue weighted by Gasteiger charge is -2.34. The van der Waals surface area contributed by atoms with Crippen LogP contribution in [0.2, 0.25) is 5.02 Å². The van der Waals surface area contributed by atoms with Crippen molar-refractivity contribution in [3.8, 4) is 0 Å². The molecule has 1 aromatic carbocycles. The molecule has 1 atom stereocenters.